The van der Waals surface area contributed by atoms with Gasteiger partial charge in [-0.25, -0.2) is 0 Å². The lowest BCUT2D eigenvalue weighted by atomic mass is 9.80. The highest BCUT2D eigenvalue weighted by Crippen LogP contribution is 2.43. The van der Waals surface area contributed by atoms with E-state index in [1.807, 2.05) is 0 Å². The predicted octanol–water partition coefficient (Wildman–Crippen LogP) is 3.89. The molecule has 0 saturated heterocycles. The third-order valence-electron chi connectivity index (χ3n) is 5.07. The van der Waals surface area contributed by atoms with Gasteiger partial charge in [-0.1, -0.05) is 24.3 Å². The molecule has 0 radical (unpaired) electrons. The van der Waals surface area contributed by atoms with E-state index in [1.165, 1.54) is 27.7 Å². The van der Waals surface area contributed by atoms with Crippen molar-refractivity contribution in [2.75, 3.05) is 12.3 Å². The number of fused-ring (bicyclic) bond motifs is 3. The molecule has 0 unspecified atom stereocenters. The lowest BCUT2D eigenvalue weighted by Crippen LogP contribution is -2.26. The Kier molecular flexibility index (Phi) is 5.25. The molecule has 0 atom stereocenters. The van der Waals surface area contributed by atoms with E-state index in [2.05, 4.69) is 71.1 Å². The van der Waals surface area contributed by atoms with Gasteiger partial charge in [-0.2, -0.15) is 8.91 Å². The molecule has 0 saturated carbocycles. The number of benzene rings is 2. The quantitative estimate of drug-likeness (QED) is 0.251. The summed E-state index contributed by atoms with van der Waals surface area (Å²) in [6.45, 7) is 7.82. The molecule has 3 rings (SSSR count). The first-order valence-electron chi connectivity index (χ1n) is 8.29. The molecule has 24 heavy (non-hydrogen) atoms. The van der Waals surface area contributed by atoms with Crippen LogP contribution in [0.1, 0.15) is 39.2 Å². The molecule has 0 N–H and O–H groups in total. The molecule has 0 bridgehead atoms. The van der Waals surface area contributed by atoms with E-state index in [1.54, 1.807) is 0 Å². The molecule has 0 aromatic heterocycles. The second-order valence-electron chi connectivity index (χ2n) is 6.71. The largest absolute Gasteiger partial charge is 0.691 e. The van der Waals surface area contributed by atoms with Gasteiger partial charge in [-0.15, -0.1) is 0 Å². The molecule has 0 amide bonds. The molecule has 5 heteroatoms. The van der Waals surface area contributed by atoms with Crippen molar-refractivity contribution in [3.8, 4) is 0 Å². The molecular formula is C19H23NO3S. The van der Waals surface area contributed by atoms with E-state index in [0.717, 1.165) is 37.2 Å². The maximum atomic E-state index is 9.78. The van der Waals surface area contributed by atoms with Gasteiger partial charge in [0.15, 0.2) is 5.71 Å². The van der Waals surface area contributed by atoms with Gasteiger partial charge in [0.05, 0.1) is 5.41 Å². The standard InChI is InChI=1S/C19H23NO3S/c1-14-19(2,3)18-16-9-5-4-8-15(16)10-11-17(18)20(14)12-6-7-13-24-23-22-21/h4-5,8-11H,6-7,12-13H2,1-3H3. The monoisotopic (exact) mass is 345 g/mol. The minimum atomic E-state index is 0.0322. The molecule has 1 aliphatic rings. The summed E-state index contributed by atoms with van der Waals surface area (Å²) in [7, 11) is 0. The fourth-order valence-electron chi connectivity index (χ4n) is 3.61. The van der Waals surface area contributed by atoms with Crippen molar-refractivity contribution < 1.29 is 19.2 Å². The summed E-state index contributed by atoms with van der Waals surface area (Å²) in [5.74, 6) is 0.753. The van der Waals surface area contributed by atoms with Crippen molar-refractivity contribution in [1.29, 1.82) is 0 Å². The summed E-state index contributed by atoms with van der Waals surface area (Å²) in [4.78, 5) is 0. The molecule has 2 aromatic rings. The average molecular weight is 345 g/mol. The number of hydrogen-bond acceptors (Lipinski definition) is 4. The lowest BCUT2D eigenvalue weighted by molar-refractivity contribution is -0.777. The zero-order chi connectivity index (χ0) is 17.2. The van der Waals surface area contributed by atoms with Crippen LogP contribution in [0.2, 0.25) is 0 Å². The van der Waals surface area contributed by atoms with Gasteiger partial charge in [0.25, 0.3) is 0 Å². The van der Waals surface area contributed by atoms with Crippen molar-refractivity contribution in [2.24, 2.45) is 0 Å². The van der Waals surface area contributed by atoms with Crippen LogP contribution in [0, 0.1) is 0 Å². The molecule has 1 aliphatic heterocycles. The summed E-state index contributed by atoms with van der Waals surface area (Å²) < 4.78 is 6.75. The Morgan fingerprint density at radius 3 is 2.71 bits per heavy atom. The number of nitrogens with zero attached hydrogens (tertiary/aromatic N) is 1. The minimum absolute atomic E-state index is 0.0322. The molecule has 0 aliphatic carbocycles. The van der Waals surface area contributed by atoms with E-state index in [-0.39, 0.29) is 5.41 Å². The third-order valence-corrected chi connectivity index (χ3v) is 5.67. The van der Waals surface area contributed by atoms with Crippen LogP contribution < -0.4 is 5.26 Å². The SMILES string of the molecule is CC1=[N+](CCCCSOO[O-])c2ccc3ccccc3c2C1(C)C. The van der Waals surface area contributed by atoms with Gasteiger partial charge >= 0.3 is 0 Å². The molecule has 0 fully saturated rings. The Bertz CT molecular complexity index is 770. The summed E-state index contributed by atoms with van der Waals surface area (Å²) in [6, 6.07) is 13.1. The summed E-state index contributed by atoms with van der Waals surface area (Å²) in [5.41, 5.74) is 4.17. The molecular weight excluding hydrogens is 322 g/mol. The lowest BCUT2D eigenvalue weighted by Gasteiger charge is -2.17. The molecule has 2 aromatic carbocycles. The van der Waals surface area contributed by atoms with Crippen LogP contribution in [-0.2, 0) is 14.8 Å². The minimum Gasteiger partial charge on any atom is -0.691 e. The average Bonchev–Trinajstić information content (AvgIpc) is 2.78. The molecule has 0 spiro atoms. The Morgan fingerprint density at radius 2 is 1.92 bits per heavy atom. The summed E-state index contributed by atoms with van der Waals surface area (Å²) in [5, 5.41) is 15.8. The smallest absolute Gasteiger partial charge is 0.210 e. The molecule has 4 nitrogen and oxygen atoms in total. The van der Waals surface area contributed by atoms with E-state index >= 15 is 0 Å². The van der Waals surface area contributed by atoms with Gasteiger partial charge < -0.3 is 5.26 Å². The van der Waals surface area contributed by atoms with Gasteiger partial charge in [0.2, 0.25) is 5.69 Å². The summed E-state index contributed by atoms with van der Waals surface area (Å²) in [6.07, 6.45) is 2.01. The van der Waals surface area contributed by atoms with E-state index in [0.29, 0.717) is 0 Å². The van der Waals surface area contributed by atoms with E-state index in [4.69, 9.17) is 0 Å². The fourth-order valence-corrected chi connectivity index (χ4v) is 4.04. The van der Waals surface area contributed by atoms with Crippen LogP contribution >= 0.6 is 12.0 Å². The van der Waals surface area contributed by atoms with Gasteiger partial charge in [-0.3, -0.25) is 5.04 Å². The topological polar surface area (TPSA) is 44.5 Å². The normalized spacial score (nSPS) is 16.0. The number of rotatable bonds is 7. The first-order chi connectivity index (χ1) is 11.6. The van der Waals surface area contributed by atoms with Gasteiger partial charge in [0, 0.05) is 42.8 Å². The van der Waals surface area contributed by atoms with E-state index in [9.17, 15) is 5.26 Å². The Hall–Kier alpha value is -1.40. The van der Waals surface area contributed by atoms with E-state index < -0.39 is 0 Å². The van der Waals surface area contributed by atoms with Gasteiger partial charge in [-0.05, 0) is 37.1 Å². The van der Waals surface area contributed by atoms with Crippen LogP contribution in [-0.4, -0.2) is 22.6 Å². The van der Waals surface area contributed by atoms with Crippen molar-refractivity contribution in [1.82, 2.24) is 0 Å². The van der Waals surface area contributed by atoms with Crippen molar-refractivity contribution >= 4 is 34.2 Å². The van der Waals surface area contributed by atoms with Crippen LogP contribution in [0.5, 0.6) is 0 Å². The van der Waals surface area contributed by atoms with Crippen molar-refractivity contribution in [3.63, 3.8) is 0 Å². The Morgan fingerprint density at radius 1 is 1.12 bits per heavy atom. The Labute approximate surface area is 147 Å². The van der Waals surface area contributed by atoms with Crippen LogP contribution in [0.25, 0.3) is 10.8 Å². The highest BCUT2D eigenvalue weighted by molar-refractivity contribution is 7.94. The molecule has 128 valence electrons. The number of hydrogen-bond donors (Lipinski definition) is 0. The fraction of sp³-hybridized carbons (Fsp3) is 0.421. The van der Waals surface area contributed by atoms with Crippen LogP contribution in [0.4, 0.5) is 5.69 Å². The number of unbranched alkanes of at least 4 members (excludes halogenated alkanes) is 1. The highest BCUT2D eigenvalue weighted by Gasteiger charge is 2.43. The predicted molar refractivity (Wildman–Crippen MR) is 96.3 cm³/mol. The van der Waals surface area contributed by atoms with Crippen molar-refractivity contribution in [3.05, 3.63) is 42.0 Å². The van der Waals surface area contributed by atoms with Crippen LogP contribution in [0.3, 0.4) is 0 Å². The highest BCUT2D eigenvalue weighted by atomic mass is 32.2. The summed E-state index contributed by atoms with van der Waals surface area (Å²) >= 11 is 1.06. The maximum Gasteiger partial charge on any atom is 0.210 e. The third kappa shape index (κ3) is 3.09. The Balaban J connectivity index is 1.84. The zero-order valence-corrected chi connectivity index (χ0v) is 15.2. The van der Waals surface area contributed by atoms with Crippen LogP contribution in [0.15, 0.2) is 36.4 Å². The zero-order valence-electron chi connectivity index (χ0n) is 14.4. The first-order valence-corrected chi connectivity index (χ1v) is 9.20. The second-order valence-corrected chi connectivity index (χ2v) is 7.49. The molecule has 1 heterocycles. The first kappa shape index (κ1) is 17.4. The maximum absolute atomic E-state index is 9.78. The van der Waals surface area contributed by atoms with Crippen molar-refractivity contribution in [2.45, 2.75) is 39.0 Å². The van der Waals surface area contributed by atoms with Gasteiger partial charge in [0.1, 0.15) is 6.54 Å². The second kappa shape index (κ2) is 7.23.